The van der Waals surface area contributed by atoms with Gasteiger partial charge in [-0.2, -0.15) is 0 Å². The Balaban J connectivity index is 1.40. The normalized spacial score (nSPS) is 12.2. The number of benzene rings is 8. The summed E-state index contributed by atoms with van der Waals surface area (Å²) in [6.07, 6.45) is 0. The van der Waals surface area contributed by atoms with E-state index in [1.54, 1.807) is 0 Å². The zero-order valence-electron chi connectivity index (χ0n) is 23.1. The van der Waals surface area contributed by atoms with Crippen molar-refractivity contribution < 1.29 is 0 Å². The third-order valence-electron chi connectivity index (χ3n) is 9.09. The lowest BCUT2D eigenvalue weighted by Gasteiger charge is -2.14. The molecule has 43 heavy (non-hydrogen) atoms. The molecular formula is C40H23N3. The van der Waals surface area contributed by atoms with Crippen LogP contribution in [0.2, 0.25) is 0 Å². The maximum absolute atomic E-state index is 5.35. The molecular weight excluding hydrogens is 522 g/mol. The molecule has 0 aliphatic carbocycles. The van der Waals surface area contributed by atoms with Gasteiger partial charge in [0, 0.05) is 16.3 Å². The smallest absolute Gasteiger partial charge is 0.165 e. The van der Waals surface area contributed by atoms with Crippen molar-refractivity contribution in [2.45, 2.75) is 0 Å². The summed E-state index contributed by atoms with van der Waals surface area (Å²) in [6, 6.07) is 49.9. The van der Waals surface area contributed by atoms with Crippen LogP contribution in [0.15, 0.2) is 140 Å². The van der Waals surface area contributed by atoms with Crippen LogP contribution in [0.3, 0.4) is 0 Å². The standard InChI is InChI=1S/C40H23N3/c1-2-11-26-23-27(20-19-24(26)9-1)39-40(42-33-16-6-5-15-32(33)41-39)43-34-17-7-13-29-30-22-21-25-10-3-4-12-28(25)36(30)31-14-8-18-35(43)38(31)37(29)34/h1-23H. The Labute approximate surface area is 246 Å². The van der Waals surface area contributed by atoms with E-state index >= 15 is 0 Å². The Morgan fingerprint density at radius 1 is 0.395 bits per heavy atom. The second-order valence-electron chi connectivity index (χ2n) is 11.4. The molecule has 0 saturated heterocycles. The molecule has 0 aliphatic rings. The van der Waals surface area contributed by atoms with Gasteiger partial charge < -0.3 is 0 Å². The third-order valence-corrected chi connectivity index (χ3v) is 9.09. The Kier molecular flexibility index (Phi) is 4.45. The van der Waals surface area contributed by atoms with Gasteiger partial charge in [0.1, 0.15) is 5.69 Å². The molecule has 3 heteroatoms. The number of rotatable bonds is 2. The van der Waals surface area contributed by atoms with Crippen molar-refractivity contribution in [3.05, 3.63) is 140 Å². The molecule has 3 nitrogen and oxygen atoms in total. The molecule has 0 spiro atoms. The monoisotopic (exact) mass is 545 g/mol. The van der Waals surface area contributed by atoms with E-state index in [1.807, 2.05) is 12.1 Å². The fourth-order valence-corrected chi connectivity index (χ4v) is 7.23. The lowest BCUT2D eigenvalue weighted by Crippen LogP contribution is -2.03. The fourth-order valence-electron chi connectivity index (χ4n) is 7.23. The molecule has 10 rings (SSSR count). The highest BCUT2D eigenvalue weighted by Gasteiger charge is 2.23. The van der Waals surface area contributed by atoms with E-state index in [2.05, 4.69) is 132 Å². The van der Waals surface area contributed by atoms with Gasteiger partial charge in [0.25, 0.3) is 0 Å². The molecule has 198 valence electrons. The van der Waals surface area contributed by atoms with Crippen LogP contribution < -0.4 is 0 Å². The molecule has 0 bridgehead atoms. The first kappa shape index (κ1) is 22.8. The number of fused-ring (bicyclic) bond motifs is 7. The number of hydrogen-bond acceptors (Lipinski definition) is 2. The van der Waals surface area contributed by atoms with Gasteiger partial charge >= 0.3 is 0 Å². The summed E-state index contributed by atoms with van der Waals surface area (Å²) >= 11 is 0. The summed E-state index contributed by atoms with van der Waals surface area (Å²) in [4.78, 5) is 10.6. The van der Waals surface area contributed by atoms with Gasteiger partial charge in [-0.05, 0) is 73.4 Å². The summed E-state index contributed by atoms with van der Waals surface area (Å²) in [5.74, 6) is 0.846. The van der Waals surface area contributed by atoms with E-state index in [0.717, 1.165) is 39.1 Å². The van der Waals surface area contributed by atoms with Gasteiger partial charge in [-0.25, -0.2) is 9.97 Å². The Hall–Kier alpha value is -5.80. The van der Waals surface area contributed by atoms with Crippen LogP contribution >= 0.6 is 0 Å². The second-order valence-corrected chi connectivity index (χ2v) is 11.4. The van der Waals surface area contributed by atoms with Gasteiger partial charge in [-0.15, -0.1) is 0 Å². The average molecular weight is 546 g/mol. The predicted octanol–water partition coefficient (Wildman–Crippen LogP) is 10.4. The van der Waals surface area contributed by atoms with Crippen molar-refractivity contribution in [3.8, 4) is 17.1 Å². The van der Waals surface area contributed by atoms with E-state index in [4.69, 9.17) is 9.97 Å². The number of hydrogen-bond donors (Lipinski definition) is 0. The summed E-state index contributed by atoms with van der Waals surface area (Å²) in [7, 11) is 0. The lowest BCUT2D eigenvalue weighted by molar-refractivity contribution is 1.08. The molecule has 0 saturated carbocycles. The molecule has 0 unspecified atom stereocenters. The van der Waals surface area contributed by atoms with Crippen LogP contribution in [0.5, 0.6) is 0 Å². The molecule has 0 amide bonds. The highest BCUT2D eigenvalue weighted by atomic mass is 15.1. The zero-order chi connectivity index (χ0) is 28.1. The SMILES string of the molecule is c1ccc2cc(-c3nc4ccccc4nc3-n3c4cccc5c6ccc7ccccc7c6c6cccc3c6c54)ccc2c1. The van der Waals surface area contributed by atoms with Crippen LogP contribution in [0, 0.1) is 0 Å². The summed E-state index contributed by atoms with van der Waals surface area (Å²) in [5, 5.41) is 12.6. The largest absolute Gasteiger partial charge is 0.292 e. The van der Waals surface area contributed by atoms with Gasteiger partial charge in [0.2, 0.25) is 0 Å². The van der Waals surface area contributed by atoms with Crippen molar-refractivity contribution in [1.29, 1.82) is 0 Å². The zero-order valence-corrected chi connectivity index (χ0v) is 23.1. The maximum Gasteiger partial charge on any atom is 0.165 e. The first-order valence-corrected chi connectivity index (χ1v) is 14.7. The summed E-state index contributed by atoms with van der Waals surface area (Å²) < 4.78 is 2.34. The second kappa shape index (κ2) is 8.37. The van der Waals surface area contributed by atoms with E-state index in [-0.39, 0.29) is 0 Å². The molecule has 8 aromatic carbocycles. The van der Waals surface area contributed by atoms with Crippen molar-refractivity contribution in [2.24, 2.45) is 0 Å². The number of aromatic nitrogens is 3. The number of para-hydroxylation sites is 2. The Morgan fingerprint density at radius 3 is 1.84 bits per heavy atom. The Morgan fingerprint density at radius 2 is 1.00 bits per heavy atom. The minimum atomic E-state index is 0.846. The summed E-state index contributed by atoms with van der Waals surface area (Å²) in [6.45, 7) is 0. The molecule has 0 atom stereocenters. The lowest BCUT2D eigenvalue weighted by atomic mass is 9.91. The third kappa shape index (κ3) is 3.08. The van der Waals surface area contributed by atoms with E-state index < -0.39 is 0 Å². The van der Waals surface area contributed by atoms with Gasteiger partial charge in [-0.3, -0.25) is 4.57 Å². The topological polar surface area (TPSA) is 30.7 Å². The molecule has 0 aliphatic heterocycles. The van der Waals surface area contributed by atoms with Crippen LogP contribution in [0.4, 0.5) is 0 Å². The van der Waals surface area contributed by atoms with Gasteiger partial charge in [0.05, 0.1) is 22.1 Å². The number of nitrogens with zero attached hydrogens (tertiary/aromatic N) is 3. The van der Waals surface area contributed by atoms with Gasteiger partial charge in [0.15, 0.2) is 5.82 Å². The predicted molar refractivity (Wildman–Crippen MR) is 181 cm³/mol. The summed E-state index contributed by atoms with van der Waals surface area (Å²) in [5.41, 5.74) is 5.99. The molecule has 10 aromatic rings. The first-order valence-electron chi connectivity index (χ1n) is 14.7. The van der Waals surface area contributed by atoms with Crippen LogP contribution in [0.1, 0.15) is 0 Å². The van der Waals surface area contributed by atoms with Crippen LogP contribution in [-0.4, -0.2) is 14.5 Å². The van der Waals surface area contributed by atoms with Crippen LogP contribution in [0.25, 0.3) is 93.0 Å². The van der Waals surface area contributed by atoms with E-state index in [1.165, 1.54) is 53.9 Å². The average Bonchev–Trinajstić information content (AvgIpc) is 3.42. The Bertz CT molecular complexity index is 2730. The molecule has 0 radical (unpaired) electrons. The fraction of sp³-hybridized carbons (Fsp3) is 0. The van der Waals surface area contributed by atoms with E-state index in [9.17, 15) is 0 Å². The van der Waals surface area contributed by atoms with Crippen molar-refractivity contribution in [1.82, 2.24) is 14.5 Å². The molecule has 0 fully saturated rings. The van der Waals surface area contributed by atoms with Gasteiger partial charge in [-0.1, -0.05) is 109 Å². The highest BCUT2D eigenvalue weighted by molar-refractivity contribution is 6.38. The van der Waals surface area contributed by atoms with Crippen molar-refractivity contribution in [2.75, 3.05) is 0 Å². The van der Waals surface area contributed by atoms with Crippen LogP contribution in [-0.2, 0) is 0 Å². The highest BCUT2D eigenvalue weighted by Crippen LogP contribution is 2.46. The minimum absolute atomic E-state index is 0.846. The van der Waals surface area contributed by atoms with E-state index in [0.29, 0.717) is 0 Å². The quantitative estimate of drug-likeness (QED) is 0.202. The molecule has 2 aromatic heterocycles. The minimum Gasteiger partial charge on any atom is -0.292 e. The maximum atomic E-state index is 5.35. The molecule has 2 heterocycles. The molecule has 0 N–H and O–H groups in total. The van der Waals surface area contributed by atoms with Crippen molar-refractivity contribution >= 4 is 75.9 Å². The first-order chi connectivity index (χ1) is 21.3. The van der Waals surface area contributed by atoms with Crippen molar-refractivity contribution in [3.63, 3.8) is 0 Å².